The molecule has 1 atom stereocenters. The number of benzene rings is 1. The summed E-state index contributed by atoms with van der Waals surface area (Å²) in [5, 5.41) is 2.88. The fourth-order valence-corrected chi connectivity index (χ4v) is 2.85. The SMILES string of the molecule is O=C(NCC[C@H]1CCOC1)c1ccc(-c2ccc(C(F)(F)F)nc2)cc1. The summed E-state index contributed by atoms with van der Waals surface area (Å²) in [6.07, 6.45) is -1.35. The number of amides is 1. The molecule has 1 aromatic carbocycles. The van der Waals surface area contributed by atoms with Crippen molar-refractivity contribution in [2.24, 2.45) is 5.92 Å². The van der Waals surface area contributed by atoms with E-state index in [1.54, 1.807) is 24.3 Å². The standard InChI is InChI=1S/C19H19F3N2O2/c20-19(21,22)17-6-5-16(11-24-17)14-1-3-15(4-2-14)18(25)23-9-7-13-8-10-26-12-13/h1-6,11,13H,7-10,12H2,(H,23,25)/t13-/m0/s1. The van der Waals surface area contributed by atoms with Crippen molar-refractivity contribution in [2.75, 3.05) is 19.8 Å². The topological polar surface area (TPSA) is 51.2 Å². The molecular weight excluding hydrogens is 345 g/mol. The zero-order valence-corrected chi connectivity index (χ0v) is 14.1. The largest absolute Gasteiger partial charge is 0.433 e. The number of hydrogen-bond donors (Lipinski definition) is 1. The molecule has 1 aromatic heterocycles. The van der Waals surface area contributed by atoms with Crippen LogP contribution in [0, 0.1) is 5.92 Å². The number of aromatic nitrogens is 1. The number of halogens is 3. The maximum atomic E-state index is 12.6. The molecule has 0 bridgehead atoms. The van der Waals surface area contributed by atoms with Gasteiger partial charge in [0.2, 0.25) is 0 Å². The number of nitrogens with zero attached hydrogens (tertiary/aromatic N) is 1. The highest BCUT2D eigenvalue weighted by Crippen LogP contribution is 2.29. The van der Waals surface area contributed by atoms with Crippen LogP contribution >= 0.6 is 0 Å². The van der Waals surface area contributed by atoms with Gasteiger partial charge in [-0.3, -0.25) is 9.78 Å². The van der Waals surface area contributed by atoms with E-state index in [9.17, 15) is 18.0 Å². The van der Waals surface area contributed by atoms with Gasteiger partial charge in [0.05, 0.1) is 0 Å². The van der Waals surface area contributed by atoms with E-state index in [0.29, 0.717) is 29.2 Å². The first-order valence-corrected chi connectivity index (χ1v) is 8.43. The molecule has 1 aliphatic heterocycles. The lowest BCUT2D eigenvalue weighted by Gasteiger charge is -2.10. The fraction of sp³-hybridized carbons (Fsp3) is 0.368. The molecular formula is C19H19F3N2O2. The van der Waals surface area contributed by atoms with Crippen molar-refractivity contribution >= 4 is 5.91 Å². The first-order valence-electron chi connectivity index (χ1n) is 8.43. The van der Waals surface area contributed by atoms with Gasteiger partial charge in [0, 0.05) is 37.1 Å². The molecule has 0 spiro atoms. The Balaban J connectivity index is 1.58. The summed E-state index contributed by atoms with van der Waals surface area (Å²) in [6.45, 7) is 2.14. The van der Waals surface area contributed by atoms with Crippen molar-refractivity contribution in [1.82, 2.24) is 10.3 Å². The van der Waals surface area contributed by atoms with Gasteiger partial charge in [-0.1, -0.05) is 18.2 Å². The first-order chi connectivity index (χ1) is 12.4. The van der Waals surface area contributed by atoms with Crippen molar-refractivity contribution in [3.05, 3.63) is 53.9 Å². The van der Waals surface area contributed by atoms with E-state index >= 15 is 0 Å². The maximum absolute atomic E-state index is 12.6. The van der Waals surface area contributed by atoms with Crippen LogP contribution in [0.5, 0.6) is 0 Å². The molecule has 3 rings (SSSR count). The molecule has 1 saturated heterocycles. The average Bonchev–Trinajstić information content (AvgIpc) is 3.15. The van der Waals surface area contributed by atoms with Gasteiger partial charge in [0.1, 0.15) is 5.69 Å². The minimum Gasteiger partial charge on any atom is -0.381 e. The predicted molar refractivity (Wildman–Crippen MR) is 90.6 cm³/mol. The third-order valence-corrected chi connectivity index (χ3v) is 4.40. The zero-order valence-electron chi connectivity index (χ0n) is 14.1. The average molecular weight is 364 g/mol. The van der Waals surface area contributed by atoms with Gasteiger partial charge in [-0.05, 0) is 42.5 Å². The van der Waals surface area contributed by atoms with Gasteiger partial charge in [0.15, 0.2) is 0 Å². The molecule has 4 nitrogen and oxygen atoms in total. The van der Waals surface area contributed by atoms with Gasteiger partial charge in [0.25, 0.3) is 5.91 Å². The Morgan fingerprint density at radius 3 is 2.46 bits per heavy atom. The number of ether oxygens (including phenoxy) is 1. The van der Waals surface area contributed by atoms with E-state index in [1.807, 2.05) is 0 Å². The lowest BCUT2D eigenvalue weighted by atomic mass is 10.0. The molecule has 2 heterocycles. The van der Waals surface area contributed by atoms with E-state index in [2.05, 4.69) is 10.3 Å². The Morgan fingerprint density at radius 2 is 1.88 bits per heavy atom. The Kier molecular flexibility index (Phi) is 5.56. The quantitative estimate of drug-likeness (QED) is 0.875. The summed E-state index contributed by atoms with van der Waals surface area (Å²) in [5.41, 5.74) is 0.846. The molecule has 0 unspecified atom stereocenters. The second-order valence-electron chi connectivity index (χ2n) is 6.28. The van der Waals surface area contributed by atoms with Gasteiger partial charge in [-0.15, -0.1) is 0 Å². The van der Waals surface area contributed by atoms with Crippen LogP contribution < -0.4 is 5.32 Å². The lowest BCUT2D eigenvalue weighted by Crippen LogP contribution is -2.26. The van der Waals surface area contributed by atoms with Crippen LogP contribution in [0.3, 0.4) is 0 Å². The Bertz CT molecular complexity index is 737. The Labute approximate surface area is 149 Å². The third-order valence-electron chi connectivity index (χ3n) is 4.40. The number of pyridine rings is 1. The number of rotatable bonds is 5. The number of nitrogens with one attached hydrogen (secondary N) is 1. The molecule has 138 valence electrons. The van der Waals surface area contributed by atoms with Crippen molar-refractivity contribution in [3.8, 4) is 11.1 Å². The van der Waals surface area contributed by atoms with Gasteiger partial charge >= 0.3 is 6.18 Å². The van der Waals surface area contributed by atoms with E-state index in [1.165, 1.54) is 12.3 Å². The lowest BCUT2D eigenvalue weighted by molar-refractivity contribution is -0.141. The van der Waals surface area contributed by atoms with Crippen molar-refractivity contribution in [1.29, 1.82) is 0 Å². The predicted octanol–water partition coefficient (Wildman–Crippen LogP) is 3.92. The maximum Gasteiger partial charge on any atom is 0.433 e. The van der Waals surface area contributed by atoms with Gasteiger partial charge in [-0.2, -0.15) is 13.2 Å². The Hall–Kier alpha value is -2.41. The van der Waals surface area contributed by atoms with Crippen molar-refractivity contribution < 1.29 is 22.7 Å². The van der Waals surface area contributed by atoms with Crippen LogP contribution in [0.15, 0.2) is 42.6 Å². The van der Waals surface area contributed by atoms with E-state index in [-0.39, 0.29) is 5.91 Å². The van der Waals surface area contributed by atoms with Crippen LogP contribution in [-0.4, -0.2) is 30.6 Å². The summed E-state index contributed by atoms with van der Waals surface area (Å²) in [6, 6.07) is 9.02. The minimum absolute atomic E-state index is 0.166. The van der Waals surface area contributed by atoms with Crippen LogP contribution in [0.25, 0.3) is 11.1 Å². The molecule has 1 N–H and O–H groups in total. The molecule has 1 aliphatic rings. The molecule has 7 heteroatoms. The Morgan fingerprint density at radius 1 is 1.15 bits per heavy atom. The molecule has 1 amide bonds. The van der Waals surface area contributed by atoms with Gasteiger partial charge in [-0.25, -0.2) is 0 Å². The summed E-state index contributed by atoms with van der Waals surface area (Å²) in [4.78, 5) is 15.6. The smallest absolute Gasteiger partial charge is 0.381 e. The summed E-state index contributed by atoms with van der Waals surface area (Å²) >= 11 is 0. The minimum atomic E-state index is -4.45. The number of carbonyl (C=O) groups excluding carboxylic acids is 1. The molecule has 0 aliphatic carbocycles. The van der Waals surface area contributed by atoms with E-state index in [0.717, 1.165) is 32.1 Å². The number of alkyl halides is 3. The summed E-state index contributed by atoms with van der Waals surface area (Å²) < 4.78 is 43.0. The fourth-order valence-electron chi connectivity index (χ4n) is 2.85. The molecule has 26 heavy (non-hydrogen) atoms. The summed E-state index contributed by atoms with van der Waals surface area (Å²) in [7, 11) is 0. The first kappa shape index (κ1) is 18.4. The monoisotopic (exact) mass is 364 g/mol. The summed E-state index contributed by atoms with van der Waals surface area (Å²) in [5.74, 6) is 0.339. The zero-order chi connectivity index (χ0) is 18.6. The number of carbonyl (C=O) groups is 1. The van der Waals surface area contributed by atoms with Gasteiger partial charge < -0.3 is 10.1 Å². The van der Waals surface area contributed by atoms with Crippen molar-refractivity contribution in [3.63, 3.8) is 0 Å². The molecule has 2 aromatic rings. The van der Waals surface area contributed by atoms with E-state index in [4.69, 9.17) is 4.74 Å². The van der Waals surface area contributed by atoms with Crippen LogP contribution in [0.4, 0.5) is 13.2 Å². The van der Waals surface area contributed by atoms with Crippen LogP contribution in [0.2, 0.25) is 0 Å². The van der Waals surface area contributed by atoms with E-state index < -0.39 is 11.9 Å². The molecule has 0 radical (unpaired) electrons. The highest BCUT2D eigenvalue weighted by molar-refractivity contribution is 5.94. The third kappa shape index (κ3) is 4.60. The second kappa shape index (κ2) is 7.86. The van der Waals surface area contributed by atoms with Crippen LogP contribution in [-0.2, 0) is 10.9 Å². The normalized spacial score (nSPS) is 17.3. The second-order valence-corrected chi connectivity index (χ2v) is 6.28. The van der Waals surface area contributed by atoms with Crippen molar-refractivity contribution in [2.45, 2.75) is 19.0 Å². The highest BCUT2D eigenvalue weighted by atomic mass is 19.4. The molecule has 1 fully saturated rings. The highest BCUT2D eigenvalue weighted by Gasteiger charge is 2.32. The molecule has 0 saturated carbocycles. The van der Waals surface area contributed by atoms with Crippen LogP contribution in [0.1, 0.15) is 28.9 Å². The number of hydrogen-bond acceptors (Lipinski definition) is 3.